The molecule has 0 bridgehead atoms. The molecular weight excluding hydrogens is 382 g/mol. The van der Waals surface area contributed by atoms with E-state index < -0.39 is 11.6 Å². The molecule has 7 heteroatoms. The lowest BCUT2D eigenvalue weighted by atomic mass is 9.90. The molecule has 1 spiro atoms. The lowest BCUT2D eigenvalue weighted by molar-refractivity contribution is -0.127. The van der Waals surface area contributed by atoms with Crippen molar-refractivity contribution in [2.24, 2.45) is 0 Å². The standard InChI is InChI=1S/C23H33N3O4/c1-16-6-7-20-19(13-16)22(28)26(15-23(30-20)8-10-25(3)11-9-23)17(2)21(27)24-18-5-4-12-29-14-18/h6-7,13,17-18H,4-5,8-12,14-15H2,1-3H3,(H,24,27). The van der Waals surface area contributed by atoms with Crippen LogP contribution in [0.3, 0.4) is 0 Å². The molecule has 4 rings (SSSR count). The van der Waals surface area contributed by atoms with Crippen molar-refractivity contribution in [2.75, 3.05) is 39.9 Å². The highest BCUT2D eigenvalue weighted by molar-refractivity contribution is 6.00. The molecule has 3 aliphatic rings. The number of carbonyl (C=O) groups is 2. The summed E-state index contributed by atoms with van der Waals surface area (Å²) in [5.41, 5.74) is 1.08. The van der Waals surface area contributed by atoms with E-state index in [0.717, 1.165) is 50.9 Å². The van der Waals surface area contributed by atoms with Gasteiger partial charge in [-0.15, -0.1) is 0 Å². The van der Waals surface area contributed by atoms with E-state index in [1.807, 2.05) is 32.0 Å². The molecular formula is C23H33N3O4. The summed E-state index contributed by atoms with van der Waals surface area (Å²) in [5, 5.41) is 3.08. The first-order chi connectivity index (χ1) is 14.4. The number of amides is 2. The summed E-state index contributed by atoms with van der Waals surface area (Å²) in [6.45, 7) is 7.30. The van der Waals surface area contributed by atoms with Gasteiger partial charge in [-0.2, -0.15) is 0 Å². The van der Waals surface area contributed by atoms with E-state index in [9.17, 15) is 9.59 Å². The van der Waals surface area contributed by atoms with Crippen LogP contribution in [0.15, 0.2) is 18.2 Å². The number of aryl methyl sites for hydroxylation is 1. The molecule has 2 atom stereocenters. The van der Waals surface area contributed by atoms with E-state index in [1.165, 1.54) is 0 Å². The van der Waals surface area contributed by atoms with Crippen molar-refractivity contribution < 1.29 is 19.1 Å². The van der Waals surface area contributed by atoms with E-state index in [0.29, 0.717) is 24.5 Å². The molecule has 30 heavy (non-hydrogen) atoms. The highest BCUT2D eigenvalue weighted by atomic mass is 16.5. The van der Waals surface area contributed by atoms with Crippen LogP contribution in [-0.2, 0) is 9.53 Å². The number of piperidine rings is 1. The molecule has 2 fully saturated rings. The van der Waals surface area contributed by atoms with Gasteiger partial charge in [0.2, 0.25) is 5.91 Å². The van der Waals surface area contributed by atoms with Crippen molar-refractivity contribution in [3.63, 3.8) is 0 Å². The summed E-state index contributed by atoms with van der Waals surface area (Å²) in [6, 6.07) is 5.18. The number of ether oxygens (including phenoxy) is 2. The number of benzene rings is 1. The van der Waals surface area contributed by atoms with E-state index in [1.54, 1.807) is 4.90 Å². The minimum absolute atomic E-state index is 0.0128. The highest BCUT2D eigenvalue weighted by Crippen LogP contribution is 2.36. The molecule has 164 valence electrons. The van der Waals surface area contributed by atoms with Gasteiger partial charge < -0.3 is 24.6 Å². The molecule has 2 amide bonds. The third-order valence-corrected chi connectivity index (χ3v) is 6.66. The molecule has 0 saturated carbocycles. The molecule has 0 aliphatic carbocycles. The third-order valence-electron chi connectivity index (χ3n) is 6.66. The van der Waals surface area contributed by atoms with Crippen molar-refractivity contribution in [1.29, 1.82) is 0 Å². The predicted octanol–water partition coefficient (Wildman–Crippen LogP) is 1.98. The van der Waals surface area contributed by atoms with Crippen LogP contribution in [-0.4, -0.2) is 79.2 Å². The maximum Gasteiger partial charge on any atom is 0.258 e. The predicted molar refractivity (Wildman–Crippen MR) is 114 cm³/mol. The van der Waals surface area contributed by atoms with Crippen molar-refractivity contribution in [3.05, 3.63) is 29.3 Å². The summed E-state index contributed by atoms with van der Waals surface area (Å²) in [7, 11) is 2.10. The number of likely N-dealkylation sites (tertiary alicyclic amines) is 1. The first kappa shape index (κ1) is 21.1. The van der Waals surface area contributed by atoms with Crippen LogP contribution in [0.25, 0.3) is 0 Å². The Labute approximate surface area is 178 Å². The number of hydrogen-bond donors (Lipinski definition) is 1. The molecule has 3 aliphatic heterocycles. The maximum absolute atomic E-state index is 13.5. The molecule has 2 saturated heterocycles. The molecule has 7 nitrogen and oxygen atoms in total. The van der Waals surface area contributed by atoms with E-state index >= 15 is 0 Å². The second-order valence-corrected chi connectivity index (χ2v) is 9.12. The summed E-state index contributed by atoms with van der Waals surface area (Å²) in [5.74, 6) is 0.371. The van der Waals surface area contributed by atoms with Crippen LogP contribution in [0.4, 0.5) is 0 Å². The molecule has 0 radical (unpaired) electrons. The second kappa shape index (κ2) is 8.55. The van der Waals surface area contributed by atoms with Gasteiger partial charge >= 0.3 is 0 Å². The van der Waals surface area contributed by atoms with E-state index in [-0.39, 0.29) is 17.9 Å². The maximum atomic E-state index is 13.5. The highest BCUT2D eigenvalue weighted by Gasteiger charge is 2.44. The topological polar surface area (TPSA) is 71.1 Å². The minimum atomic E-state index is -0.578. The number of nitrogens with one attached hydrogen (secondary N) is 1. The van der Waals surface area contributed by atoms with Crippen molar-refractivity contribution in [3.8, 4) is 5.75 Å². The van der Waals surface area contributed by atoms with Crippen LogP contribution in [0.1, 0.15) is 48.5 Å². The van der Waals surface area contributed by atoms with Gasteiger partial charge in [0.05, 0.1) is 24.8 Å². The van der Waals surface area contributed by atoms with Gasteiger partial charge in [-0.3, -0.25) is 9.59 Å². The molecule has 1 aromatic carbocycles. The number of hydrogen-bond acceptors (Lipinski definition) is 5. The zero-order valence-electron chi connectivity index (χ0n) is 18.3. The fraction of sp³-hybridized carbons (Fsp3) is 0.652. The Kier molecular flexibility index (Phi) is 6.02. The molecule has 3 heterocycles. The van der Waals surface area contributed by atoms with Gasteiger partial charge in [0.15, 0.2) is 0 Å². The van der Waals surface area contributed by atoms with Crippen LogP contribution < -0.4 is 10.1 Å². The average Bonchev–Trinajstić information content (AvgIpc) is 2.86. The van der Waals surface area contributed by atoms with Crippen molar-refractivity contribution in [1.82, 2.24) is 15.1 Å². The van der Waals surface area contributed by atoms with Crippen LogP contribution >= 0.6 is 0 Å². The summed E-state index contributed by atoms with van der Waals surface area (Å²) in [6.07, 6.45) is 3.50. The Morgan fingerprint density at radius 1 is 1.30 bits per heavy atom. The Balaban J connectivity index is 1.61. The van der Waals surface area contributed by atoms with Gasteiger partial charge in [0.1, 0.15) is 17.4 Å². The van der Waals surface area contributed by atoms with Crippen LogP contribution in [0, 0.1) is 6.92 Å². The SMILES string of the molecule is Cc1ccc2c(c1)C(=O)N(C(C)C(=O)NC1CCCOC1)CC1(CCN(C)CC1)O2. The number of fused-ring (bicyclic) bond motifs is 1. The van der Waals surface area contributed by atoms with E-state index in [2.05, 4.69) is 17.3 Å². The zero-order chi connectivity index (χ0) is 21.3. The molecule has 2 unspecified atom stereocenters. The van der Waals surface area contributed by atoms with Gasteiger partial charge in [-0.05, 0) is 45.9 Å². The van der Waals surface area contributed by atoms with Crippen molar-refractivity contribution in [2.45, 2.75) is 57.2 Å². The van der Waals surface area contributed by atoms with Crippen LogP contribution in [0.2, 0.25) is 0 Å². The van der Waals surface area contributed by atoms with Gasteiger partial charge in [0.25, 0.3) is 5.91 Å². The summed E-state index contributed by atoms with van der Waals surface area (Å²) < 4.78 is 12.0. The molecule has 1 N–H and O–H groups in total. The van der Waals surface area contributed by atoms with Crippen molar-refractivity contribution >= 4 is 11.8 Å². The van der Waals surface area contributed by atoms with Gasteiger partial charge in [-0.25, -0.2) is 0 Å². The quantitative estimate of drug-likeness (QED) is 0.817. The number of rotatable bonds is 3. The fourth-order valence-electron chi connectivity index (χ4n) is 4.62. The average molecular weight is 416 g/mol. The normalized spacial score (nSPS) is 25.2. The Bertz CT molecular complexity index is 798. The Hall–Kier alpha value is -2.12. The number of carbonyl (C=O) groups excluding carboxylic acids is 2. The molecule has 0 aromatic heterocycles. The summed E-state index contributed by atoms with van der Waals surface area (Å²) in [4.78, 5) is 30.6. The largest absolute Gasteiger partial charge is 0.484 e. The summed E-state index contributed by atoms with van der Waals surface area (Å²) >= 11 is 0. The minimum Gasteiger partial charge on any atom is -0.484 e. The van der Waals surface area contributed by atoms with Gasteiger partial charge in [-0.1, -0.05) is 11.6 Å². The lowest BCUT2D eigenvalue weighted by Gasteiger charge is -2.42. The Morgan fingerprint density at radius 2 is 2.07 bits per heavy atom. The second-order valence-electron chi connectivity index (χ2n) is 9.12. The number of nitrogens with zero attached hydrogens (tertiary/aromatic N) is 2. The Morgan fingerprint density at radius 3 is 2.77 bits per heavy atom. The van der Waals surface area contributed by atoms with E-state index in [4.69, 9.17) is 9.47 Å². The van der Waals surface area contributed by atoms with Gasteiger partial charge in [0, 0.05) is 32.5 Å². The first-order valence-electron chi connectivity index (χ1n) is 11.0. The fourth-order valence-corrected chi connectivity index (χ4v) is 4.62. The first-order valence-corrected chi connectivity index (χ1v) is 11.0. The third kappa shape index (κ3) is 4.32. The lowest BCUT2D eigenvalue weighted by Crippen LogP contribution is -2.58. The smallest absolute Gasteiger partial charge is 0.258 e. The zero-order valence-corrected chi connectivity index (χ0v) is 18.3. The molecule has 1 aromatic rings. The monoisotopic (exact) mass is 415 g/mol. The van der Waals surface area contributed by atoms with Crippen LogP contribution in [0.5, 0.6) is 5.75 Å².